The van der Waals surface area contributed by atoms with Gasteiger partial charge in [-0.2, -0.15) is 0 Å². The Bertz CT molecular complexity index is 400. The SMILES string of the molecule is Cc1cc(C)cc(N2CCC(C(N)=O)CC2)c1. The fraction of sp³-hybridized carbons (Fsp3) is 0.500. The lowest BCUT2D eigenvalue weighted by molar-refractivity contribution is -0.122. The molecule has 1 aliphatic heterocycles. The minimum absolute atomic E-state index is 0.0668. The number of piperidine rings is 1. The predicted octanol–water partition coefficient (Wildman–Crippen LogP) is 2.01. The number of primary amides is 1. The molecule has 2 rings (SSSR count). The summed E-state index contributed by atoms with van der Waals surface area (Å²) in [4.78, 5) is 13.5. The molecular weight excluding hydrogens is 212 g/mol. The summed E-state index contributed by atoms with van der Waals surface area (Å²) in [5, 5.41) is 0. The van der Waals surface area contributed by atoms with Gasteiger partial charge in [0.25, 0.3) is 0 Å². The van der Waals surface area contributed by atoms with E-state index >= 15 is 0 Å². The first-order valence-corrected chi connectivity index (χ1v) is 6.19. The highest BCUT2D eigenvalue weighted by molar-refractivity contribution is 5.77. The van der Waals surface area contributed by atoms with Gasteiger partial charge in [-0.05, 0) is 49.9 Å². The number of benzene rings is 1. The molecule has 1 aromatic rings. The molecule has 0 radical (unpaired) electrons. The number of carbonyl (C=O) groups excluding carboxylic acids is 1. The van der Waals surface area contributed by atoms with Crippen LogP contribution in [0, 0.1) is 19.8 Å². The van der Waals surface area contributed by atoms with Gasteiger partial charge in [0.1, 0.15) is 0 Å². The fourth-order valence-corrected chi connectivity index (χ4v) is 2.56. The normalized spacial score (nSPS) is 17.2. The first kappa shape index (κ1) is 12.0. The topological polar surface area (TPSA) is 46.3 Å². The lowest BCUT2D eigenvalue weighted by Gasteiger charge is -2.32. The maximum absolute atomic E-state index is 11.1. The van der Waals surface area contributed by atoms with Crippen molar-refractivity contribution in [3.8, 4) is 0 Å². The zero-order valence-corrected chi connectivity index (χ0v) is 10.6. The average molecular weight is 232 g/mol. The van der Waals surface area contributed by atoms with Gasteiger partial charge in [-0.15, -0.1) is 0 Å². The van der Waals surface area contributed by atoms with E-state index in [0.29, 0.717) is 0 Å². The summed E-state index contributed by atoms with van der Waals surface area (Å²) in [7, 11) is 0. The zero-order chi connectivity index (χ0) is 12.4. The van der Waals surface area contributed by atoms with Crippen LogP contribution in [0.4, 0.5) is 5.69 Å². The maximum atomic E-state index is 11.1. The van der Waals surface area contributed by atoms with Crippen LogP contribution in [0.1, 0.15) is 24.0 Å². The summed E-state index contributed by atoms with van der Waals surface area (Å²) in [5.41, 5.74) is 9.19. The molecule has 1 fully saturated rings. The lowest BCUT2D eigenvalue weighted by Crippen LogP contribution is -2.38. The van der Waals surface area contributed by atoms with Gasteiger partial charge >= 0.3 is 0 Å². The second kappa shape index (κ2) is 4.78. The molecule has 1 aliphatic rings. The molecule has 2 N–H and O–H groups in total. The number of carbonyl (C=O) groups is 1. The maximum Gasteiger partial charge on any atom is 0.220 e. The van der Waals surface area contributed by atoms with Gasteiger partial charge in [-0.25, -0.2) is 0 Å². The number of nitrogens with zero attached hydrogens (tertiary/aromatic N) is 1. The smallest absolute Gasteiger partial charge is 0.220 e. The summed E-state index contributed by atoms with van der Waals surface area (Å²) in [6.07, 6.45) is 1.75. The molecular formula is C14H20N2O. The van der Waals surface area contributed by atoms with Crippen molar-refractivity contribution in [1.29, 1.82) is 0 Å². The van der Waals surface area contributed by atoms with Crippen LogP contribution in [0.2, 0.25) is 0 Å². The molecule has 1 aromatic carbocycles. The van der Waals surface area contributed by atoms with Crippen LogP contribution in [0.25, 0.3) is 0 Å². The summed E-state index contributed by atoms with van der Waals surface area (Å²) < 4.78 is 0. The van der Waals surface area contributed by atoms with E-state index in [4.69, 9.17) is 5.73 Å². The molecule has 0 saturated carbocycles. The number of nitrogens with two attached hydrogens (primary N) is 1. The van der Waals surface area contributed by atoms with Crippen LogP contribution < -0.4 is 10.6 Å². The summed E-state index contributed by atoms with van der Waals surface area (Å²) >= 11 is 0. The number of rotatable bonds is 2. The molecule has 3 nitrogen and oxygen atoms in total. The minimum atomic E-state index is -0.148. The Balaban J connectivity index is 2.07. The first-order chi connectivity index (χ1) is 8.06. The van der Waals surface area contributed by atoms with Crippen LogP contribution in [0.5, 0.6) is 0 Å². The Kier molecular flexibility index (Phi) is 3.36. The molecule has 0 aromatic heterocycles. The Morgan fingerprint density at radius 1 is 1.18 bits per heavy atom. The highest BCUT2D eigenvalue weighted by atomic mass is 16.1. The van der Waals surface area contributed by atoms with Crippen LogP contribution in [0.15, 0.2) is 18.2 Å². The lowest BCUT2D eigenvalue weighted by atomic mass is 9.95. The van der Waals surface area contributed by atoms with Gasteiger partial charge in [-0.3, -0.25) is 4.79 Å². The van der Waals surface area contributed by atoms with Crippen LogP contribution in [-0.4, -0.2) is 19.0 Å². The number of hydrogen-bond acceptors (Lipinski definition) is 2. The van der Waals surface area contributed by atoms with E-state index in [1.165, 1.54) is 16.8 Å². The number of amides is 1. The van der Waals surface area contributed by atoms with E-state index in [1.807, 2.05) is 0 Å². The van der Waals surface area contributed by atoms with Crippen molar-refractivity contribution in [2.24, 2.45) is 11.7 Å². The molecule has 1 amide bonds. The highest BCUT2D eigenvalue weighted by Gasteiger charge is 2.23. The second-order valence-corrected chi connectivity index (χ2v) is 5.01. The number of aryl methyl sites for hydroxylation is 2. The molecule has 0 aliphatic carbocycles. The van der Waals surface area contributed by atoms with Gasteiger partial charge in [0.15, 0.2) is 0 Å². The minimum Gasteiger partial charge on any atom is -0.371 e. The summed E-state index contributed by atoms with van der Waals surface area (Å²) in [5.74, 6) is -0.0813. The average Bonchev–Trinajstić information content (AvgIpc) is 2.28. The van der Waals surface area contributed by atoms with E-state index in [0.717, 1.165) is 25.9 Å². The van der Waals surface area contributed by atoms with E-state index in [1.54, 1.807) is 0 Å². The van der Waals surface area contributed by atoms with Crippen molar-refractivity contribution >= 4 is 11.6 Å². The summed E-state index contributed by atoms with van der Waals surface area (Å²) in [6, 6.07) is 6.59. The molecule has 1 heterocycles. The van der Waals surface area contributed by atoms with Crippen molar-refractivity contribution < 1.29 is 4.79 Å². The van der Waals surface area contributed by atoms with Crippen LogP contribution >= 0.6 is 0 Å². The Labute approximate surface area is 103 Å². The van der Waals surface area contributed by atoms with Crippen molar-refractivity contribution in [2.75, 3.05) is 18.0 Å². The first-order valence-electron chi connectivity index (χ1n) is 6.19. The molecule has 3 heteroatoms. The van der Waals surface area contributed by atoms with Crippen LogP contribution in [0.3, 0.4) is 0 Å². The molecule has 1 saturated heterocycles. The number of hydrogen-bond donors (Lipinski definition) is 1. The van der Waals surface area contributed by atoms with E-state index < -0.39 is 0 Å². The second-order valence-electron chi connectivity index (χ2n) is 5.01. The third kappa shape index (κ3) is 2.78. The van der Waals surface area contributed by atoms with Gasteiger partial charge in [0, 0.05) is 24.7 Å². The highest BCUT2D eigenvalue weighted by Crippen LogP contribution is 2.24. The van der Waals surface area contributed by atoms with Gasteiger partial charge in [0.05, 0.1) is 0 Å². The molecule has 0 bridgehead atoms. The third-order valence-electron chi connectivity index (χ3n) is 3.47. The van der Waals surface area contributed by atoms with E-state index in [9.17, 15) is 4.79 Å². The quantitative estimate of drug-likeness (QED) is 0.847. The molecule has 0 atom stereocenters. The fourth-order valence-electron chi connectivity index (χ4n) is 2.56. The molecule has 17 heavy (non-hydrogen) atoms. The third-order valence-corrected chi connectivity index (χ3v) is 3.47. The largest absolute Gasteiger partial charge is 0.371 e. The van der Waals surface area contributed by atoms with Gasteiger partial charge in [0.2, 0.25) is 5.91 Å². The predicted molar refractivity (Wildman–Crippen MR) is 70.0 cm³/mol. The Morgan fingerprint density at radius 3 is 2.18 bits per heavy atom. The van der Waals surface area contributed by atoms with Crippen molar-refractivity contribution in [3.05, 3.63) is 29.3 Å². The van der Waals surface area contributed by atoms with Crippen molar-refractivity contribution in [1.82, 2.24) is 0 Å². The standard InChI is InChI=1S/C14H20N2O/c1-10-7-11(2)9-13(8-10)16-5-3-12(4-6-16)14(15)17/h7-9,12H,3-6H2,1-2H3,(H2,15,17). The molecule has 0 unspecified atom stereocenters. The molecule has 0 spiro atoms. The van der Waals surface area contributed by atoms with Gasteiger partial charge < -0.3 is 10.6 Å². The number of anilines is 1. The zero-order valence-electron chi connectivity index (χ0n) is 10.6. The Hall–Kier alpha value is -1.51. The van der Waals surface area contributed by atoms with Gasteiger partial charge in [-0.1, -0.05) is 6.07 Å². The van der Waals surface area contributed by atoms with E-state index in [2.05, 4.69) is 36.9 Å². The molecule has 92 valence electrons. The van der Waals surface area contributed by atoms with Crippen LogP contribution in [-0.2, 0) is 4.79 Å². The van der Waals surface area contributed by atoms with Crippen molar-refractivity contribution in [3.63, 3.8) is 0 Å². The monoisotopic (exact) mass is 232 g/mol. The Morgan fingerprint density at radius 2 is 1.71 bits per heavy atom. The van der Waals surface area contributed by atoms with E-state index in [-0.39, 0.29) is 11.8 Å². The summed E-state index contributed by atoms with van der Waals surface area (Å²) in [6.45, 7) is 6.09. The van der Waals surface area contributed by atoms with Crippen molar-refractivity contribution in [2.45, 2.75) is 26.7 Å².